The number of rotatable bonds is 2. The quantitative estimate of drug-likeness (QED) is 0.924. The van der Waals surface area contributed by atoms with Gasteiger partial charge in [0.1, 0.15) is 5.82 Å². The second-order valence-corrected chi connectivity index (χ2v) is 7.10. The summed E-state index contributed by atoms with van der Waals surface area (Å²) < 4.78 is 2.16. The minimum atomic E-state index is 0.617. The molecule has 2 aromatic rings. The number of piperidine rings is 1. The molecule has 1 aromatic heterocycles. The number of nitrogens with zero attached hydrogens (tertiary/aromatic N) is 3. The molecule has 0 amide bonds. The van der Waals surface area contributed by atoms with Gasteiger partial charge >= 0.3 is 0 Å². The fraction of sp³-hybridized carbons (Fsp3) is 0.526. The van der Waals surface area contributed by atoms with Crippen LogP contribution in [0.1, 0.15) is 41.1 Å². The third-order valence-corrected chi connectivity index (χ3v) is 5.59. The van der Waals surface area contributed by atoms with Crippen molar-refractivity contribution >= 4 is 5.82 Å². The number of aromatic nitrogens is 2. The van der Waals surface area contributed by atoms with Crippen LogP contribution < -0.4 is 5.32 Å². The third kappa shape index (κ3) is 2.45. The summed E-state index contributed by atoms with van der Waals surface area (Å²) in [6, 6.07) is 6.50. The fourth-order valence-corrected chi connectivity index (χ4v) is 3.95. The van der Waals surface area contributed by atoms with Crippen molar-refractivity contribution in [2.45, 2.75) is 39.0 Å². The second kappa shape index (κ2) is 5.68. The Morgan fingerprint density at radius 2 is 1.96 bits per heavy atom. The molecule has 1 aromatic carbocycles. The Morgan fingerprint density at radius 1 is 1.17 bits per heavy atom. The van der Waals surface area contributed by atoms with Gasteiger partial charge in [0, 0.05) is 18.0 Å². The first-order valence-corrected chi connectivity index (χ1v) is 8.76. The summed E-state index contributed by atoms with van der Waals surface area (Å²) in [6.45, 7) is 7.78. The summed E-state index contributed by atoms with van der Waals surface area (Å²) in [7, 11) is 2.22. The van der Waals surface area contributed by atoms with Crippen LogP contribution in [-0.2, 0) is 6.42 Å². The summed E-state index contributed by atoms with van der Waals surface area (Å²) >= 11 is 0. The zero-order chi connectivity index (χ0) is 16.0. The maximum Gasteiger partial charge on any atom is 0.133 e. The van der Waals surface area contributed by atoms with Crippen LogP contribution >= 0.6 is 0 Å². The number of fused-ring (bicyclic) bond motifs is 1. The lowest BCUT2D eigenvalue weighted by Crippen LogP contribution is -2.29. The molecular weight excluding hydrogens is 284 g/mol. The van der Waals surface area contributed by atoms with Crippen molar-refractivity contribution in [2.24, 2.45) is 0 Å². The normalized spacial score (nSPS) is 18.9. The van der Waals surface area contributed by atoms with Gasteiger partial charge in [0.15, 0.2) is 0 Å². The van der Waals surface area contributed by atoms with Gasteiger partial charge in [-0.3, -0.25) is 0 Å². The van der Waals surface area contributed by atoms with E-state index in [1.807, 2.05) is 0 Å². The van der Waals surface area contributed by atoms with Crippen LogP contribution in [0.4, 0.5) is 5.82 Å². The lowest BCUT2D eigenvalue weighted by Gasteiger charge is -2.28. The molecule has 0 saturated carbocycles. The SMILES string of the molecule is Cc1cccc(-n2nc(C3CCN(C)CC3)c3c2NCC3)c1C. The molecule has 1 saturated heterocycles. The Bertz CT molecular complexity index is 723. The Labute approximate surface area is 138 Å². The Balaban J connectivity index is 1.77. The third-order valence-electron chi connectivity index (χ3n) is 5.59. The van der Waals surface area contributed by atoms with Gasteiger partial charge in [-0.25, -0.2) is 4.68 Å². The van der Waals surface area contributed by atoms with Crippen LogP contribution in [0.25, 0.3) is 5.69 Å². The maximum atomic E-state index is 5.09. The van der Waals surface area contributed by atoms with E-state index in [2.05, 4.69) is 54.0 Å². The lowest BCUT2D eigenvalue weighted by atomic mass is 9.91. The summed E-state index contributed by atoms with van der Waals surface area (Å²) in [6.07, 6.45) is 3.57. The average Bonchev–Trinajstić information content (AvgIpc) is 3.14. The molecule has 2 aliphatic rings. The topological polar surface area (TPSA) is 33.1 Å². The van der Waals surface area contributed by atoms with Gasteiger partial charge in [0.2, 0.25) is 0 Å². The summed E-state index contributed by atoms with van der Waals surface area (Å²) in [4.78, 5) is 2.43. The van der Waals surface area contributed by atoms with Crippen LogP contribution in [0.3, 0.4) is 0 Å². The van der Waals surface area contributed by atoms with E-state index in [4.69, 9.17) is 5.10 Å². The van der Waals surface area contributed by atoms with Gasteiger partial charge in [-0.2, -0.15) is 5.10 Å². The molecule has 1 fully saturated rings. The van der Waals surface area contributed by atoms with Crippen LogP contribution in [0, 0.1) is 13.8 Å². The van der Waals surface area contributed by atoms with Crippen LogP contribution in [0.2, 0.25) is 0 Å². The number of nitrogens with one attached hydrogen (secondary N) is 1. The number of aryl methyl sites for hydroxylation is 1. The van der Waals surface area contributed by atoms with Crippen molar-refractivity contribution in [1.82, 2.24) is 14.7 Å². The van der Waals surface area contributed by atoms with Gasteiger partial charge in [0.25, 0.3) is 0 Å². The zero-order valence-corrected chi connectivity index (χ0v) is 14.4. The molecule has 23 heavy (non-hydrogen) atoms. The first-order chi connectivity index (χ1) is 11.1. The summed E-state index contributed by atoms with van der Waals surface area (Å²) in [5, 5.41) is 8.66. The van der Waals surface area contributed by atoms with Crippen molar-refractivity contribution < 1.29 is 0 Å². The average molecular weight is 310 g/mol. The Morgan fingerprint density at radius 3 is 2.74 bits per heavy atom. The molecule has 0 bridgehead atoms. The molecule has 3 heterocycles. The number of hydrogen-bond acceptors (Lipinski definition) is 3. The van der Waals surface area contributed by atoms with E-state index >= 15 is 0 Å². The molecule has 0 unspecified atom stereocenters. The van der Waals surface area contributed by atoms with E-state index < -0.39 is 0 Å². The largest absolute Gasteiger partial charge is 0.369 e. The van der Waals surface area contributed by atoms with E-state index in [1.54, 1.807) is 0 Å². The van der Waals surface area contributed by atoms with Gasteiger partial charge in [0.05, 0.1) is 11.4 Å². The van der Waals surface area contributed by atoms with Crippen molar-refractivity contribution in [2.75, 3.05) is 32.0 Å². The Hall–Kier alpha value is -1.81. The molecule has 4 heteroatoms. The predicted molar refractivity (Wildman–Crippen MR) is 94.7 cm³/mol. The van der Waals surface area contributed by atoms with Gasteiger partial charge < -0.3 is 10.2 Å². The van der Waals surface area contributed by atoms with Crippen LogP contribution in [-0.4, -0.2) is 41.4 Å². The number of likely N-dealkylation sites (tertiary alicyclic amines) is 1. The first-order valence-electron chi connectivity index (χ1n) is 8.76. The smallest absolute Gasteiger partial charge is 0.133 e. The first kappa shape index (κ1) is 14.8. The van der Waals surface area contributed by atoms with Crippen LogP contribution in [0.5, 0.6) is 0 Å². The molecule has 0 spiro atoms. The standard InChI is InChI=1S/C19H26N4/c1-13-5-4-6-17(14(13)2)23-19-16(7-10-20-19)18(21-23)15-8-11-22(3)12-9-15/h4-6,15,20H,7-12H2,1-3H3. The molecule has 4 rings (SSSR count). The van der Waals surface area contributed by atoms with E-state index in [0.717, 1.165) is 13.0 Å². The molecule has 2 aliphatic heterocycles. The molecule has 122 valence electrons. The predicted octanol–water partition coefficient (Wildman–Crippen LogP) is 3.27. The highest BCUT2D eigenvalue weighted by Crippen LogP contribution is 2.37. The summed E-state index contributed by atoms with van der Waals surface area (Å²) in [5.74, 6) is 1.85. The molecular formula is C19H26N4. The maximum absolute atomic E-state index is 5.09. The van der Waals surface area contributed by atoms with E-state index in [1.165, 1.54) is 59.8 Å². The van der Waals surface area contributed by atoms with Crippen molar-refractivity contribution in [1.29, 1.82) is 0 Å². The number of hydrogen-bond donors (Lipinski definition) is 1. The number of anilines is 1. The summed E-state index contributed by atoms with van der Waals surface area (Å²) in [5.41, 5.74) is 6.67. The Kier molecular flexibility index (Phi) is 3.64. The van der Waals surface area contributed by atoms with Gasteiger partial charge in [-0.05, 0) is 70.4 Å². The van der Waals surface area contributed by atoms with E-state index in [0.29, 0.717) is 5.92 Å². The highest BCUT2D eigenvalue weighted by molar-refractivity contribution is 5.59. The van der Waals surface area contributed by atoms with Crippen molar-refractivity contribution in [3.05, 3.63) is 40.6 Å². The van der Waals surface area contributed by atoms with Crippen LogP contribution in [0.15, 0.2) is 18.2 Å². The fourth-order valence-electron chi connectivity index (χ4n) is 3.95. The molecule has 0 aliphatic carbocycles. The van der Waals surface area contributed by atoms with Gasteiger partial charge in [-0.15, -0.1) is 0 Å². The minimum Gasteiger partial charge on any atom is -0.369 e. The van der Waals surface area contributed by atoms with Crippen molar-refractivity contribution in [3.8, 4) is 5.69 Å². The number of benzene rings is 1. The second-order valence-electron chi connectivity index (χ2n) is 7.10. The molecule has 0 atom stereocenters. The lowest BCUT2D eigenvalue weighted by molar-refractivity contribution is 0.252. The van der Waals surface area contributed by atoms with E-state index in [9.17, 15) is 0 Å². The van der Waals surface area contributed by atoms with Gasteiger partial charge in [-0.1, -0.05) is 12.1 Å². The monoisotopic (exact) mass is 310 g/mol. The molecule has 4 nitrogen and oxygen atoms in total. The van der Waals surface area contributed by atoms with E-state index in [-0.39, 0.29) is 0 Å². The zero-order valence-electron chi connectivity index (χ0n) is 14.4. The molecule has 0 radical (unpaired) electrons. The van der Waals surface area contributed by atoms with Crippen molar-refractivity contribution in [3.63, 3.8) is 0 Å². The highest BCUT2D eigenvalue weighted by atomic mass is 15.3. The highest BCUT2D eigenvalue weighted by Gasteiger charge is 2.29. The minimum absolute atomic E-state index is 0.617. The molecule has 1 N–H and O–H groups in total.